The maximum Gasteiger partial charge on any atom is 0.257 e. The molecule has 92 valence electrons. The maximum absolute atomic E-state index is 11.9. The SMILES string of the molecule is Nc1cc(Br)cc(Br)c1NC(=O)c1ccnnc1. The van der Waals surface area contributed by atoms with Crippen molar-refractivity contribution in [2.45, 2.75) is 0 Å². The smallest absolute Gasteiger partial charge is 0.257 e. The van der Waals surface area contributed by atoms with E-state index >= 15 is 0 Å². The number of amides is 1. The molecular weight excluding hydrogens is 364 g/mol. The van der Waals surface area contributed by atoms with E-state index in [1.807, 2.05) is 0 Å². The van der Waals surface area contributed by atoms with Gasteiger partial charge < -0.3 is 11.1 Å². The molecule has 0 atom stereocenters. The van der Waals surface area contributed by atoms with Crippen molar-refractivity contribution in [1.82, 2.24) is 10.2 Å². The topological polar surface area (TPSA) is 80.9 Å². The van der Waals surface area contributed by atoms with Gasteiger partial charge in [-0.2, -0.15) is 10.2 Å². The van der Waals surface area contributed by atoms with Crippen LogP contribution in [0.2, 0.25) is 0 Å². The van der Waals surface area contributed by atoms with Gasteiger partial charge in [-0.05, 0) is 34.1 Å². The minimum atomic E-state index is -0.292. The zero-order chi connectivity index (χ0) is 13.1. The van der Waals surface area contributed by atoms with Gasteiger partial charge in [0.2, 0.25) is 0 Å². The standard InChI is InChI=1S/C11H8Br2N4O/c12-7-3-8(13)10(9(14)4-7)17-11(18)6-1-2-15-16-5-6/h1-5H,14H2,(H,17,18). The lowest BCUT2D eigenvalue weighted by molar-refractivity contribution is 0.102. The van der Waals surface area contributed by atoms with Crippen LogP contribution < -0.4 is 11.1 Å². The molecule has 1 aromatic heterocycles. The molecule has 0 saturated heterocycles. The summed E-state index contributed by atoms with van der Waals surface area (Å²) in [6, 6.07) is 5.09. The summed E-state index contributed by atoms with van der Waals surface area (Å²) in [5, 5.41) is 9.98. The first-order valence-electron chi connectivity index (χ1n) is 4.90. The number of hydrogen-bond donors (Lipinski definition) is 2. The molecule has 1 amide bonds. The van der Waals surface area contributed by atoms with Crippen LogP contribution in [0.5, 0.6) is 0 Å². The zero-order valence-electron chi connectivity index (χ0n) is 9.02. The molecule has 5 nitrogen and oxygen atoms in total. The molecule has 0 spiro atoms. The summed E-state index contributed by atoms with van der Waals surface area (Å²) in [5.74, 6) is -0.292. The van der Waals surface area contributed by atoms with Crippen LogP contribution in [0.1, 0.15) is 10.4 Å². The number of nitrogens with one attached hydrogen (secondary N) is 1. The molecule has 0 aliphatic rings. The average Bonchev–Trinajstić information content (AvgIpc) is 2.34. The normalized spacial score (nSPS) is 10.1. The van der Waals surface area contributed by atoms with Crippen LogP contribution in [0.3, 0.4) is 0 Å². The van der Waals surface area contributed by atoms with Gasteiger partial charge in [0.05, 0.1) is 29.3 Å². The number of hydrogen-bond acceptors (Lipinski definition) is 4. The Balaban J connectivity index is 2.28. The van der Waals surface area contributed by atoms with Crippen molar-refractivity contribution in [1.29, 1.82) is 0 Å². The first-order valence-corrected chi connectivity index (χ1v) is 6.49. The molecule has 18 heavy (non-hydrogen) atoms. The predicted molar refractivity (Wildman–Crippen MR) is 76.2 cm³/mol. The monoisotopic (exact) mass is 370 g/mol. The zero-order valence-corrected chi connectivity index (χ0v) is 12.2. The van der Waals surface area contributed by atoms with Crippen molar-refractivity contribution in [3.8, 4) is 0 Å². The summed E-state index contributed by atoms with van der Waals surface area (Å²) in [6.45, 7) is 0. The number of halogens is 2. The molecular formula is C11H8Br2N4O. The molecule has 2 rings (SSSR count). The molecule has 0 aliphatic carbocycles. The summed E-state index contributed by atoms with van der Waals surface area (Å²) in [7, 11) is 0. The Kier molecular flexibility index (Phi) is 3.93. The minimum Gasteiger partial charge on any atom is -0.397 e. The average molecular weight is 372 g/mol. The van der Waals surface area contributed by atoms with Crippen molar-refractivity contribution in [2.24, 2.45) is 0 Å². The second-order valence-electron chi connectivity index (χ2n) is 3.44. The van der Waals surface area contributed by atoms with E-state index in [0.717, 1.165) is 4.47 Å². The molecule has 3 N–H and O–H groups in total. The van der Waals surface area contributed by atoms with Crippen LogP contribution in [-0.4, -0.2) is 16.1 Å². The number of carbonyl (C=O) groups excluding carboxylic acids is 1. The highest BCUT2D eigenvalue weighted by Crippen LogP contribution is 2.32. The van der Waals surface area contributed by atoms with Gasteiger partial charge in [0.15, 0.2) is 0 Å². The van der Waals surface area contributed by atoms with Crippen LogP contribution in [0.4, 0.5) is 11.4 Å². The second-order valence-corrected chi connectivity index (χ2v) is 5.21. The Morgan fingerprint density at radius 1 is 1.28 bits per heavy atom. The number of anilines is 2. The first kappa shape index (κ1) is 13.0. The van der Waals surface area contributed by atoms with E-state index < -0.39 is 0 Å². The lowest BCUT2D eigenvalue weighted by Gasteiger charge is -2.10. The van der Waals surface area contributed by atoms with Gasteiger partial charge in [0.1, 0.15) is 0 Å². The molecule has 0 saturated carbocycles. The van der Waals surface area contributed by atoms with Gasteiger partial charge in [-0.25, -0.2) is 0 Å². The lowest BCUT2D eigenvalue weighted by Crippen LogP contribution is -2.14. The van der Waals surface area contributed by atoms with Gasteiger partial charge in [0, 0.05) is 8.95 Å². The molecule has 7 heteroatoms. The Labute approximate surface area is 120 Å². The minimum absolute atomic E-state index is 0.292. The Hall–Kier alpha value is -1.47. The first-order chi connectivity index (χ1) is 8.58. The summed E-state index contributed by atoms with van der Waals surface area (Å²) >= 11 is 6.66. The van der Waals surface area contributed by atoms with E-state index in [9.17, 15) is 4.79 Å². The number of nitrogen functional groups attached to an aromatic ring is 1. The number of benzene rings is 1. The van der Waals surface area contributed by atoms with E-state index in [4.69, 9.17) is 5.73 Å². The van der Waals surface area contributed by atoms with Crippen molar-refractivity contribution in [3.63, 3.8) is 0 Å². The number of aromatic nitrogens is 2. The van der Waals surface area contributed by atoms with Gasteiger partial charge in [-0.1, -0.05) is 15.9 Å². The third-order valence-corrected chi connectivity index (χ3v) is 3.25. The van der Waals surface area contributed by atoms with E-state index in [1.54, 1.807) is 18.2 Å². The predicted octanol–water partition coefficient (Wildman–Crippen LogP) is 2.84. The van der Waals surface area contributed by atoms with Gasteiger partial charge in [0.25, 0.3) is 5.91 Å². The van der Waals surface area contributed by atoms with Crippen molar-refractivity contribution in [3.05, 3.63) is 45.1 Å². The summed E-state index contributed by atoms with van der Waals surface area (Å²) < 4.78 is 1.53. The molecule has 1 heterocycles. The van der Waals surface area contributed by atoms with Crippen LogP contribution in [0.25, 0.3) is 0 Å². The molecule has 0 unspecified atom stereocenters. The van der Waals surface area contributed by atoms with Crippen LogP contribution in [0, 0.1) is 0 Å². The summed E-state index contributed by atoms with van der Waals surface area (Å²) in [6.07, 6.45) is 2.84. The largest absolute Gasteiger partial charge is 0.397 e. The third kappa shape index (κ3) is 2.85. The summed E-state index contributed by atoms with van der Waals surface area (Å²) in [5.41, 5.74) is 7.25. The molecule has 2 aromatic rings. The number of carbonyl (C=O) groups is 1. The highest BCUT2D eigenvalue weighted by molar-refractivity contribution is 9.11. The van der Waals surface area contributed by atoms with E-state index in [0.29, 0.717) is 21.4 Å². The highest BCUT2D eigenvalue weighted by atomic mass is 79.9. The summed E-state index contributed by atoms with van der Waals surface area (Å²) in [4.78, 5) is 11.9. The second kappa shape index (κ2) is 5.45. The fourth-order valence-electron chi connectivity index (χ4n) is 1.34. The van der Waals surface area contributed by atoms with Crippen LogP contribution in [0.15, 0.2) is 39.5 Å². The van der Waals surface area contributed by atoms with E-state index in [1.165, 1.54) is 12.4 Å². The number of rotatable bonds is 2. The van der Waals surface area contributed by atoms with Crippen LogP contribution >= 0.6 is 31.9 Å². The van der Waals surface area contributed by atoms with Crippen molar-refractivity contribution < 1.29 is 4.79 Å². The van der Waals surface area contributed by atoms with Gasteiger partial charge in [-0.3, -0.25) is 4.79 Å². The third-order valence-electron chi connectivity index (χ3n) is 2.17. The highest BCUT2D eigenvalue weighted by Gasteiger charge is 2.11. The van der Waals surface area contributed by atoms with Crippen molar-refractivity contribution in [2.75, 3.05) is 11.1 Å². The number of nitrogens with two attached hydrogens (primary N) is 1. The fraction of sp³-hybridized carbons (Fsp3) is 0. The maximum atomic E-state index is 11.9. The molecule has 0 radical (unpaired) electrons. The lowest BCUT2D eigenvalue weighted by atomic mass is 10.2. The Morgan fingerprint density at radius 2 is 2.06 bits per heavy atom. The molecule has 0 fully saturated rings. The van der Waals surface area contributed by atoms with E-state index in [-0.39, 0.29) is 5.91 Å². The Morgan fingerprint density at radius 3 is 2.67 bits per heavy atom. The quantitative estimate of drug-likeness (QED) is 0.795. The van der Waals surface area contributed by atoms with Crippen molar-refractivity contribution >= 4 is 49.1 Å². The Bertz CT molecular complexity index is 566. The fourth-order valence-corrected chi connectivity index (χ4v) is 2.69. The molecule has 0 aliphatic heterocycles. The van der Waals surface area contributed by atoms with E-state index in [2.05, 4.69) is 47.4 Å². The van der Waals surface area contributed by atoms with Crippen LogP contribution in [-0.2, 0) is 0 Å². The molecule has 1 aromatic carbocycles. The van der Waals surface area contributed by atoms with Gasteiger partial charge >= 0.3 is 0 Å². The van der Waals surface area contributed by atoms with Gasteiger partial charge in [-0.15, -0.1) is 0 Å². The molecule has 0 bridgehead atoms. The number of nitrogens with zero attached hydrogens (tertiary/aromatic N) is 2.